The minimum absolute atomic E-state index is 0.0326. The first kappa shape index (κ1) is 15.5. The average Bonchev–Trinajstić information content (AvgIpc) is 2.91. The largest absolute Gasteiger partial charge is 0.447 e. The minimum atomic E-state index is -0.350. The van der Waals surface area contributed by atoms with Crippen LogP contribution in [0.15, 0.2) is 30.3 Å². The fourth-order valence-electron chi connectivity index (χ4n) is 4.37. The number of nitrogens with zero attached hydrogens (tertiary/aromatic N) is 1. The molecule has 1 aliphatic heterocycles. The van der Waals surface area contributed by atoms with E-state index in [1.54, 1.807) is 0 Å². The van der Waals surface area contributed by atoms with Crippen LogP contribution in [0.25, 0.3) is 0 Å². The Morgan fingerprint density at radius 3 is 2.62 bits per heavy atom. The van der Waals surface area contributed by atoms with E-state index in [1.807, 2.05) is 18.0 Å². The van der Waals surface area contributed by atoms with Crippen molar-refractivity contribution in [3.8, 4) is 0 Å². The molecule has 0 bridgehead atoms. The number of amides is 2. The van der Waals surface area contributed by atoms with Gasteiger partial charge in [-0.3, -0.25) is 4.79 Å². The van der Waals surface area contributed by atoms with Gasteiger partial charge in [-0.2, -0.15) is 0 Å². The van der Waals surface area contributed by atoms with Gasteiger partial charge >= 0.3 is 6.09 Å². The van der Waals surface area contributed by atoms with Gasteiger partial charge in [0.25, 0.3) is 0 Å². The van der Waals surface area contributed by atoms with Gasteiger partial charge in [0.2, 0.25) is 5.91 Å². The van der Waals surface area contributed by atoms with E-state index in [1.165, 1.54) is 5.56 Å². The van der Waals surface area contributed by atoms with Gasteiger partial charge in [0, 0.05) is 19.0 Å². The molecule has 4 rings (SSSR count). The number of cyclic esters (lactones) is 1. The molecule has 1 N–H and O–H groups in total. The maximum absolute atomic E-state index is 12.6. The summed E-state index contributed by atoms with van der Waals surface area (Å²) in [5, 5.41) is 2.85. The second kappa shape index (κ2) is 5.80. The van der Waals surface area contributed by atoms with Gasteiger partial charge < -0.3 is 15.0 Å². The summed E-state index contributed by atoms with van der Waals surface area (Å²) in [7, 11) is 1.93. The lowest BCUT2D eigenvalue weighted by atomic mass is 9.67. The summed E-state index contributed by atoms with van der Waals surface area (Å²) in [5.41, 5.74) is 1.11. The molecule has 2 saturated carbocycles. The van der Waals surface area contributed by atoms with Crippen LogP contribution in [-0.2, 0) is 16.0 Å². The Morgan fingerprint density at radius 2 is 2.00 bits per heavy atom. The number of carbonyl (C=O) groups excluding carboxylic acids is 2. The Kier molecular flexibility index (Phi) is 3.74. The van der Waals surface area contributed by atoms with Crippen LogP contribution in [0.5, 0.6) is 0 Å². The van der Waals surface area contributed by atoms with Gasteiger partial charge in [0.15, 0.2) is 0 Å². The highest BCUT2D eigenvalue weighted by molar-refractivity contribution is 5.81. The van der Waals surface area contributed by atoms with E-state index in [0.717, 1.165) is 19.3 Å². The highest BCUT2D eigenvalue weighted by Crippen LogP contribution is 2.43. The first-order chi connectivity index (χ1) is 11.5. The third kappa shape index (κ3) is 2.76. The number of hydrogen-bond acceptors (Lipinski definition) is 3. The summed E-state index contributed by atoms with van der Waals surface area (Å²) in [6.45, 7) is 0.405. The molecule has 1 heterocycles. The maximum Gasteiger partial charge on any atom is 0.407 e. The Hall–Kier alpha value is -2.04. The molecule has 0 aromatic heterocycles. The highest BCUT2D eigenvalue weighted by Gasteiger charge is 2.53. The second-order valence-corrected chi connectivity index (χ2v) is 7.72. The topological polar surface area (TPSA) is 58.6 Å². The second-order valence-electron chi connectivity index (χ2n) is 7.72. The summed E-state index contributed by atoms with van der Waals surface area (Å²) in [5.74, 6) is 0.943. The van der Waals surface area contributed by atoms with Crippen LogP contribution < -0.4 is 5.32 Å². The van der Waals surface area contributed by atoms with Crippen LogP contribution in [0.3, 0.4) is 0 Å². The Labute approximate surface area is 142 Å². The van der Waals surface area contributed by atoms with Gasteiger partial charge in [-0.25, -0.2) is 4.79 Å². The zero-order valence-corrected chi connectivity index (χ0v) is 14.0. The molecular weight excluding hydrogens is 304 g/mol. The van der Waals surface area contributed by atoms with Crippen LogP contribution >= 0.6 is 0 Å². The number of ether oxygens (including phenoxy) is 1. The first-order valence-electron chi connectivity index (χ1n) is 8.80. The quantitative estimate of drug-likeness (QED) is 0.923. The molecular formula is C19H24N2O3. The third-order valence-electron chi connectivity index (χ3n) is 5.94. The van der Waals surface area contributed by atoms with E-state index in [4.69, 9.17) is 4.74 Å². The van der Waals surface area contributed by atoms with Gasteiger partial charge in [-0.05, 0) is 43.6 Å². The SMILES string of the molecule is CN(C(=O)[C@H]1C[C@]2(COC(=O)N2)C1)[C@H]1C[C@H](Cc2ccccc2)C1. The monoisotopic (exact) mass is 328 g/mol. The van der Waals surface area contributed by atoms with Crippen molar-refractivity contribution in [3.63, 3.8) is 0 Å². The molecule has 1 spiro atoms. The molecule has 1 saturated heterocycles. The predicted octanol–water partition coefficient (Wildman–Crippen LogP) is 2.35. The number of benzene rings is 1. The summed E-state index contributed by atoms with van der Waals surface area (Å²) in [6.07, 6.45) is 4.36. The molecule has 3 fully saturated rings. The van der Waals surface area contributed by atoms with Crippen molar-refractivity contribution in [2.75, 3.05) is 13.7 Å². The van der Waals surface area contributed by atoms with Crippen LogP contribution in [-0.4, -0.2) is 42.1 Å². The molecule has 5 heteroatoms. The van der Waals surface area contributed by atoms with Crippen LogP contribution in [0.2, 0.25) is 0 Å². The first-order valence-corrected chi connectivity index (χ1v) is 8.80. The normalized spacial score (nSPS) is 34.0. The summed E-state index contributed by atoms with van der Waals surface area (Å²) >= 11 is 0. The van der Waals surface area contributed by atoms with Gasteiger partial charge in [0.1, 0.15) is 6.61 Å². The van der Waals surface area contributed by atoms with E-state index in [0.29, 0.717) is 31.4 Å². The molecule has 0 atom stereocenters. The molecule has 2 aliphatic carbocycles. The van der Waals surface area contributed by atoms with E-state index in [2.05, 4.69) is 29.6 Å². The number of hydrogen-bond donors (Lipinski definition) is 1. The summed E-state index contributed by atoms with van der Waals surface area (Å²) in [4.78, 5) is 25.7. The molecule has 1 aromatic carbocycles. The van der Waals surface area contributed by atoms with Crippen molar-refractivity contribution in [1.82, 2.24) is 10.2 Å². The zero-order chi connectivity index (χ0) is 16.7. The number of carbonyl (C=O) groups is 2. The van der Waals surface area contributed by atoms with Crippen molar-refractivity contribution >= 4 is 12.0 Å². The standard InChI is InChI=1S/C19H24N2O3/c1-21(16-8-14(9-16)7-13-5-3-2-4-6-13)17(22)15-10-19(11-15)12-24-18(23)20-19/h2-6,14-16H,7-12H2,1H3,(H,20,23)/t14-,15-,16-,19+. The van der Waals surface area contributed by atoms with E-state index < -0.39 is 0 Å². The van der Waals surface area contributed by atoms with Crippen molar-refractivity contribution in [3.05, 3.63) is 35.9 Å². The fourth-order valence-corrected chi connectivity index (χ4v) is 4.37. The molecule has 5 nitrogen and oxygen atoms in total. The molecule has 24 heavy (non-hydrogen) atoms. The van der Waals surface area contributed by atoms with Gasteiger partial charge in [-0.1, -0.05) is 30.3 Å². The number of alkyl carbamates (subject to hydrolysis) is 1. The lowest BCUT2D eigenvalue weighted by Gasteiger charge is -2.47. The predicted molar refractivity (Wildman–Crippen MR) is 89.4 cm³/mol. The summed E-state index contributed by atoms with van der Waals surface area (Å²) in [6, 6.07) is 10.9. The number of rotatable bonds is 4. The lowest BCUT2D eigenvalue weighted by Crippen LogP contribution is -2.59. The van der Waals surface area contributed by atoms with E-state index in [9.17, 15) is 9.59 Å². The van der Waals surface area contributed by atoms with Gasteiger partial charge in [-0.15, -0.1) is 0 Å². The van der Waals surface area contributed by atoms with Crippen molar-refractivity contribution in [1.29, 1.82) is 0 Å². The van der Waals surface area contributed by atoms with Crippen molar-refractivity contribution in [2.24, 2.45) is 11.8 Å². The average molecular weight is 328 g/mol. The smallest absolute Gasteiger partial charge is 0.407 e. The van der Waals surface area contributed by atoms with Crippen molar-refractivity contribution < 1.29 is 14.3 Å². The Morgan fingerprint density at radius 1 is 1.29 bits per heavy atom. The third-order valence-corrected chi connectivity index (χ3v) is 5.94. The van der Waals surface area contributed by atoms with E-state index in [-0.39, 0.29) is 23.5 Å². The van der Waals surface area contributed by atoms with Crippen molar-refractivity contribution in [2.45, 2.75) is 43.7 Å². The Bertz CT molecular complexity index is 633. The maximum atomic E-state index is 12.6. The van der Waals surface area contributed by atoms with Gasteiger partial charge in [0.05, 0.1) is 5.54 Å². The lowest BCUT2D eigenvalue weighted by molar-refractivity contribution is -0.144. The molecule has 1 aromatic rings. The molecule has 2 amide bonds. The van der Waals surface area contributed by atoms with Crippen LogP contribution in [0.4, 0.5) is 4.79 Å². The summed E-state index contributed by atoms with van der Waals surface area (Å²) < 4.78 is 4.97. The molecule has 0 unspecified atom stereocenters. The molecule has 3 aliphatic rings. The molecule has 0 radical (unpaired) electrons. The fraction of sp³-hybridized carbons (Fsp3) is 0.579. The Balaban J connectivity index is 1.24. The highest BCUT2D eigenvalue weighted by atomic mass is 16.6. The minimum Gasteiger partial charge on any atom is -0.447 e. The van der Waals surface area contributed by atoms with Crippen LogP contribution in [0.1, 0.15) is 31.2 Å². The van der Waals surface area contributed by atoms with E-state index >= 15 is 0 Å². The van der Waals surface area contributed by atoms with Crippen LogP contribution in [0, 0.1) is 11.8 Å². The zero-order valence-electron chi connectivity index (χ0n) is 14.0. The molecule has 128 valence electrons. The number of nitrogens with one attached hydrogen (secondary N) is 1.